The summed E-state index contributed by atoms with van der Waals surface area (Å²) in [5.41, 5.74) is 2.47. The number of phenols is 1. The van der Waals surface area contributed by atoms with Gasteiger partial charge in [-0.25, -0.2) is 0 Å². The molecule has 0 saturated heterocycles. The molecule has 1 heterocycles. The van der Waals surface area contributed by atoms with Gasteiger partial charge in [-0.3, -0.25) is 0 Å². The lowest BCUT2D eigenvalue weighted by atomic mass is 9.54. The number of aliphatic hydroxyl groups is 1. The first-order valence-electron chi connectivity index (χ1n) is 12.8. The Morgan fingerprint density at radius 3 is 2.84 bits per heavy atom. The number of aliphatic hydroxyl groups excluding tert-OH is 1. The molecule has 0 radical (unpaired) electrons. The second-order valence-corrected chi connectivity index (χ2v) is 11.3. The molecule has 1 saturated carbocycles. The van der Waals surface area contributed by atoms with E-state index in [0.29, 0.717) is 11.3 Å². The molecule has 3 heteroatoms. The molecule has 0 bridgehead atoms. The summed E-state index contributed by atoms with van der Waals surface area (Å²) >= 11 is 0. The maximum atomic E-state index is 11.2. The van der Waals surface area contributed by atoms with Crippen molar-refractivity contribution in [3.63, 3.8) is 0 Å². The second-order valence-electron chi connectivity index (χ2n) is 11.3. The molecule has 176 valence electrons. The average Bonchev–Trinajstić information content (AvgIpc) is 2.76. The fourth-order valence-corrected chi connectivity index (χ4v) is 6.61. The fraction of sp³-hybridized carbons (Fsp3) is 0.655. The Morgan fingerprint density at radius 1 is 1.22 bits per heavy atom. The third kappa shape index (κ3) is 4.78. The maximum absolute atomic E-state index is 11.2. The first-order chi connectivity index (χ1) is 15.2. The highest BCUT2D eigenvalue weighted by Gasteiger charge is 2.45. The van der Waals surface area contributed by atoms with Gasteiger partial charge < -0.3 is 14.9 Å². The normalized spacial score (nSPS) is 33.5. The van der Waals surface area contributed by atoms with Crippen LogP contribution >= 0.6 is 0 Å². The van der Waals surface area contributed by atoms with E-state index in [0.717, 1.165) is 42.9 Å². The molecule has 2 N–H and O–H groups in total. The van der Waals surface area contributed by atoms with Crippen LogP contribution in [-0.2, 0) is 0 Å². The number of fused-ring (bicyclic) bond motifs is 2. The number of ether oxygens (including phenoxy) is 1. The van der Waals surface area contributed by atoms with E-state index >= 15 is 0 Å². The van der Waals surface area contributed by atoms with Crippen molar-refractivity contribution in [2.75, 3.05) is 0 Å². The zero-order valence-electron chi connectivity index (χ0n) is 20.4. The third-order valence-electron chi connectivity index (χ3n) is 8.94. The fourth-order valence-electron chi connectivity index (χ4n) is 6.61. The minimum Gasteiger partial charge on any atom is -0.508 e. The van der Waals surface area contributed by atoms with Gasteiger partial charge in [-0.1, -0.05) is 44.4 Å². The monoisotopic (exact) mass is 438 g/mol. The van der Waals surface area contributed by atoms with Crippen molar-refractivity contribution >= 4 is 6.08 Å². The number of hydrogen-bond donors (Lipinski definition) is 2. The van der Waals surface area contributed by atoms with Crippen LogP contribution in [0.15, 0.2) is 35.9 Å². The standard InChI is InChI=1S/C29H42O3/c1-20-10-11-23-9-5-6-16-29(23,4)25(20)19-26(31)21(2)8-7-15-28(3)17-14-22-18-24(30)12-13-27(22)32-28/h10,12-14,17-18,21,23,25-26,30-31H,5-9,11,15-16,19H2,1-4H3/t21-,23?,25?,26?,28?,29+/m1/s1. The zero-order chi connectivity index (χ0) is 22.9. The number of phenolic OH excluding ortho intramolecular Hbond substituents is 1. The van der Waals surface area contributed by atoms with Crippen LogP contribution in [0.5, 0.6) is 11.5 Å². The summed E-state index contributed by atoms with van der Waals surface area (Å²) in [5.74, 6) is 2.70. The molecule has 2 aliphatic carbocycles. The van der Waals surface area contributed by atoms with Gasteiger partial charge in [0.05, 0.1) is 6.10 Å². The number of benzene rings is 1. The molecule has 4 rings (SSSR count). The highest BCUT2D eigenvalue weighted by molar-refractivity contribution is 5.62. The number of allylic oxidation sites excluding steroid dienone is 2. The smallest absolute Gasteiger partial charge is 0.128 e. The molecule has 32 heavy (non-hydrogen) atoms. The van der Waals surface area contributed by atoms with Crippen molar-refractivity contribution < 1.29 is 14.9 Å². The van der Waals surface area contributed by atoms with Crippen molar-refractivity contribution in [1.82, 2.24) is 0 Å². The minimum atomic E-state index is -0.333. The highest BCUT2D eigenvalue weighted by atomic mass is 16.5. The summed E-state index contributed by atoms with van der Waals surface area (Å²) in [7, 11) is 0. The Hall–Kier alpha value is -1.74. The lowest BCUT2D eigenvalue weighted by Gasteiger charge is -2.51. The largest absolute Gasteiger partial charge is 0.508 e. The van der Waals surface area contributed by atoms with Crippen LogP contribution in [0.25, 0.3) is 6.08 Å². The molecule has 3 nitrogen and oxygen atoms in total. The first kappa shape index (κ1) is 23.4. The van der Waals surface area contributed by atoms with Gasteiger partial charge in [-0.05, 0) is 106 Å². The quantitative estimate of drug-likeness (QED) is 0.440. The van der Waals surface area contributed by atoms with E-state index in [9.17, 15) is 10.2 Å². The molecular formula is C29H42O3. The maximum Gasteiger partial charge on any atom is 0.128 e. The van der Waals surface area contributed by atoms with Gasteiger partial charge in [-0.15, -0.1) is 0 Å². The molecule has 0 spiro atoms. The van der Waals surface area contributed by atoms with Gasteiger partial charge in [0.25, 0.3) is 0 Å². The molecule has 1 fully saturated rings. The Bertz CT molecular complexity index is 871. The topological polar surface area (TPSA) is 49.7 Å². The Kier molecular flexibility index (Phi) is 6.77. The van der Waals surface area contributed by atoms with Crippen LogP contribution in [0.3, 0.4) is 0 Å². The number of aromatic hydroxyl groups is 1. The van der Waals surface area contributed by atoms with Gasteiger partial charge in [0.2, 0.25) is 0 Å². The van der Waals surface area contributed by atoms with Crippen LogP contribution in [-0.4, -0.2) is 21.9 Å². The van der Waals surface area contributed by atoms with Crippen LogP contribution in [0.1, 0.15) is 91.0 Å². The molecule has 6 atom stereocenters. The van der Waals surface area contributed by atoms with E-state index in [1.165, 1.54) is 37.7 Å². The molecule has 3 aliphatic rings. The van der Waals surface area contributed by atoms with Crippen molar-refractivity contribution in [3.8, 4) is 11.5 Å². The molecule has 0 aromatic heterocycles. The summed E-state index contributed by atoms with van der Waals surface area (Å²) in [6.07, 6.45) is 16.9. The summed E-state index contributed by atoms with van der Waals surface area (Å²) in [6.45, 7) is 9.13. The third-order valence-corrected chi connectivity index (χ3v) is 8.94. The van der Waals surface area contributed by atoms with Crippen LogP contribution in [0.4, 0.5) is 0 Å². The summed E-state index contributed by atoms with van der Waals surface area (Å²) in [5, 5.41) is 20.8. The zero-order valence-corrected chi connectivity index (χ0v) is 20.4. The molecule has 0 amide bonds. The van der Waals surface area contributed by atoms with Crippen LogP contribution in [0, 0.1) is 23.2 Å². The van der Waals surface area contributed by atoms with Gasteiger partial charge >= 0.3 is 0 Å². The van der Waals surface area contributed by atoms with Crippen molar-refractivity contribution in [2.24, 2.45) is 23.2 Å². The molecular weight excluding hydrogens is 396 g/mol. The number of rotatable bonds is 7. The lowest BCUT2D eigenvalue weighted by molar-refractivity contribution is 0.00562. The van der Waals surface area contributed by atoms with Gasteiger partial charge in [-0.2, -0.15) is 0 Å². The summed E-state index contributed by atoms with van der Waals surface area (Å²) < 4.78 is 6.26. The predicted molar refractivity (Wildman–Crippen MR) is 132 cm³/mol. The highest BCUT2D eigenvalue weighted by Crippen LogP contribution is 2.54. The lowest BCUT2D eigenvalue weighted by Crippen LogP contribution is -2.42. The van der Waals surface area contributed by atoms with Crippen molar-refractivity contribution in [3.05, 3.63) is 41.5 Å². The Balaban J connectivity index is 1.31. The average molecular weight is 439 g/mol. The molecule has 1 aliphatic heterocycles. The predicted octanol–water partition coefficient (Wildman–Crippen LogP) is 7.28. The van der Waals surface area contributed by atoms with Crippen LogP contribution in [0.2, 0.25) is 0 Å². The second kappa shape index (κ2) is 9.25. The van der Waals surface area contributed by atoms with Gasteiger partial charge in [0.15, 0.2) is 0 Å². The van der Waals surface area contributed by atoms with E-state index < -0.39 is 0 Å². The first-order valence-corrected chi connectivity index (χ1v) is 12.8. The van der Waals surface area contributed by atoms with E-state index in [1.54, 1.807) is 12.1 Å². The van der Waals surface area contributed by atoms with E-state index in [4.69, 9.17) is 4.74 Å². The minimum absolute atomic E-state index is 0.250. The Labute approximate surface area is 194 Å². The summed E-state index contributed by atoms with van der Waals surface area (Å²) in [6, 6.07) is 5.26. The molecule has 1 aromatic rings. The van der Waals surface area contributed by atoms with Crippen molar-refractivity contribution in [1.29, 1.82) is 0 Å². The SMILES string of the molecule is CC1=CCC2CCCC[C@]2(C)C1CC(O)[C@H](C)CCCC1(C)C=Cc2cc(O)ccc2O1. The van der Waals surface area contributed by atoms with Crippen LogP contribution < -0.4 is 4.74 Å². The van der Waals surface area contributed by atoms with E-state index in [-0.39, 0.29) is 23.4 Å². The molecule has 4 unspecified atom stereocenters. The van der Waals surface area contributed by atoms with Gasteiger partial charge in [0.1, 0.15) is 17.1 Å². The molecule has 1 aromatic carbocycles. The Morgan fingerprint density at radius 2 is 2.03 bits per heavy atom. The van der Waals surface area contributed by atoms with E-state index in [2.05, 4.69) is 45.9 Å². The van der Waals surface area contributed by atoms with Gasteiger partial charge in [0, 0.05) is 5.56 Å². The van der Waals surface area contributed by atoms with Crippen molar-refractivity contribution in [2.45, 2.75) is 97.2 Å². The van der Waals surface area contributed by atoms with E-state index in [1.807, 2.05) is 6.07 Å². The summed E-state index contributed by atoms with van der Waals surface area (Å²) in [4.78, 5) is 0. The number of hydrogen-bond acceptors (Lipinski definition) is 3.